The number of fused-ring (bicyclic) bond motifs is 1. The molecule has 3 aromatic carbocycles. The lowest BCUT2D eigenvalue weighted by molar-refractivity contribution is 0.0734. The summed E-state index contributed by atoms with van der Waals surface area (Å²) in [4.78, 5) is 24.9. The van der Waals surface area contributed by atoms with Gasteiger partial charge in [0.1, 0.15) is 11.5 Å². The van der Waals surface area contributed by atoms with Crippen molar-refractivity contribution in [3.63, 3.8) is 0 Å². The first kappa shape index (κ1) is 19.9. The summed E-state index contributed by atoms with van der Waals surface area (Å²) in [7, 11) is 0. The van der Waals surface area contributed by atoms with Gasteiger partial charge in [0.15, 0.2) is 5.76 Å². The van der Waals surface area contributed by atoms with E-state index in [9.17, 15) is 9.59 Å². The fraction of sp³-hybridized carbons (Fsp3) is 0.120. The monoisotopic (exact) mass is 418 g/mol. The van der Waals surface area contributed by atoms with Crippen molar-refractivity contribution in [1.29, 1.82) is 0 Å². The van der Waals surface area contributed by atoms with E-state index in [1.807, 2.05) is 24.3 Å². The van der Waals surface area contributed by atoms with E-state index < -0.39 is 5.97 Å². The Morgan fingerprint density at radius 3 is 2.37 bits per heavy atom. The van der Waals surface area contributed by atoms with Gasteiger partial charge < -0.3 is 9.47 Å². The highest BCUT2D eigenvalue weighted by molar-refractivity contribution is 6.30. The number of allylic oxidation sites excluding steroid dienone is 1. The normalized spacial score (nSPS) is 14.0. The molecule has 1 aliphatic rings. The lowest BCUT2D eigenvalue weighted by Crippen LogP contribution is -2.08. The van der Waals surface area contributed by atoms with Gasteiger partial charge in [0.05, 0.1) is 11.1 Å². The van der Waals surface area contributed by atoms with Crippen LogP contribution in [0.4, 0.5) is 0 Å². The van der Waals surface area contributed by atoms with Crippen molar-refractivity contribution in [2.45, 2.75) is 19.8 Å². The Bertz CT molecular complexity index is 1140. The smallest absolute Gasteiger partial charge is 0.343 e. The summed E-state index contributed by atoms with van der Waals surface area (Å²) in [5.41, 5.74) is 2.92. The summed E-state index contributed by atoms with van der Waals surface area (Å²) >= 11 is 5.84. The van der Waals surface area contributed by atoms with Crippen LogP contribution >= 0.6 is 11.6 Å². The predicted octanol–water partition coefficient (Wildman–Crippen LogP) is 6.30. The van der Waals surface area contributed by atoms with E-state index in [4.69, 9.17) is 21.1 Å². The van der Waals surface area contributed by atoms with E-state index in [0.717, 1.165) is 5.56 Å². The largest absolute Gasteiger partial charge is 0.452 e. The summed E-state index contributed by atoms with van der Waals surface area (Å²) in [6.45, 7) is 4.26. The molecule has 0 aliphatic carbocycles. The highest BCUT2D eigenvalue weighted by atomic mass is 35.5. The van der Waals surface area contributed by atoms with Crippen LogP contribution in [0.1, 0.15) is 51.6 Å². The Hall–Kier alpha value is -3.37. The van der Waals surface area contributed by atoms with Crippen molar-refractivity contribution < 1.29 is 19.1 Å². The number of ketones is 1. The van der Waals surface area contributed by atoms with Crippen molar-refractivity contribution in [1.82, 2.24) is 0 Å². The molecule has 3 aromatic rings. The van der Waals surface area contributed by atoms with Crippen LogP contribution in [0.2, 0.25) is 5.02 Å². The molecule has 0 saturated heterocycles. The minimum Gasteiger partial charge on any atom is -0.452 e. The summed E-state index contributed by atoms with van der Waals surface area (Å²) < 4.78 is 11.1. The number of carbonyl (C=O) groups is 2. The van der Waals surface area contributed by atoms with Gasteiger partial charge in [0, 0.05) is 11.1 Å². The first-order valence-corrected chi connectivity index (χ1v) is 9.94. The van der Waals surface area contributed by atoms with Gasteiger partial charge in [0.25, 0.3) is 0 Å². The summed E-state index contributed by atoms with van der Waals surface area (Å²) in [5, 5.41) is 0.536. The number of esters is 1. The molecule has 0 spiro atoms. The second-order valence-corrected chi connectivity index (χ2v) is 7.75. The fourth-order valence-corrected chi connectivity index (χ4v) is 3.24. The van der Waals surface area contributed by atoms with E-state index in [1.54, 1.807) is 48.5 Å². The molecule has 0 fully saturated rings. The number of hydrogen-bond donors (Lipinski definition) is 0. The third-order valence-electron chi connectivity index (χ3n) is 4.83. The Balaban J connectivity index is 1.52. The number of halogens is 1. The standard InChI is InChI=1S/C25H19ClO4/c1-15(2)17-5-3-16(4-6-17)13-23-24(27)21-12-11-20(14-22(21)30-23)29-25(28)18-7-9-19(26)10-8-18/h3-15H,1-2H3. The van der Waals surface area contributed by atoms with E-state index >= 15 is 0 Å². The Kier molecular flexibility index (Phi) is 5.42. The molecule has 4 nitrogen and oxygen atoms in total. The second-order valence-electron chi connectivity index (χ2n) is 7.32. The van der Waals surface area contributed by atoms with Crippen molar-refractivity contribution in [3.05, 3.63) is 99.8 Å². The molecule has 150 valence electrons. The molecule has 0 radical (unpaired) electrons. The Morgan fingerprint density at radius 2 is 1.70 bits per heavy atom. The molecule has 5 heteroatoms. The zero-order valence-corrected chi connectivity index (χ0v) is 17.3. The highest BCUT2D eigenvalue weighted by Gasteiger charge is 2.28. The first-order valence-electron chi connectivity index (χ1n) is 9.57. The van der Waals surface area contributed by atoms with E-state index in [-0.39, 0.29) is 11.5 Å². The molecule has 0 saturated carbocycles. The van der Waals surface area contributed by atoms with Crippen LogP contribution in [-0.2, 0) is 0 Å². The number of benzene rings is 3. The third-order valence-corrected chi connectivity index (χ3v) is 5.08. The second kappa shape index (κ2) is 8.17. The quantitative estimate of drug-likeness (QED) is 0.283. The van der Waals surface area contributed by atoms with Gasteiger partial charge in [-0.3, -0.25) is 4.79 Å². The topological polar surface area (TPSA) is 52.6 Å². The summed E-state index contributed by atoms with van der Waals surface area (Å²) in [6.07, 6.45) is 1.71. The van der Waals surface area contributed by atoms with Gasteiger partial charge in [-0.2, -0.15) is 0 Å². The molecule has 4 rings (SSSR count). The van der Waals surface area contributed by atoms with Crippen molar-refractivity contribution in [2.24, 2.45) is 0 Å². The van der Waals surface area contributed by atoms with Gasteiger partial charge in [0.2, 0.25) is 5.78 Å². The minimum absolute atomic E-state index is 0.200. The lowest BCUT2D eigenvalue weighted by atomic mass is 10.0. The number of hydrogen-bond acceptors (Lipinski definition) is 4. The van der Waals surface area contributed by atoms with Crippen molar-refractivity contribution >= 4 is 29.4 Å². The SMILES string of the molecule is CC(C)c1ccc(C=C2Oc3cc(OC(=O)c4ccc(Cl)cc4)ccc3C2=O)cc1. The molecule has 0 bridgehead atoms. The average molecular weight is 419 g/mol. The van der Waals surface area contributed by atoms with Crippen LogP contribution in [0.15, 0.2) is 72.5 Å². The molecule has 30 heavy (non-hydrogen) atoms. The van der Waals surface area contributed by atoms with Crippen LogP contribution in [-0.4, -0.2) is 11.8 Å². The average Bonchev–Trinajstić information content (AvgIpc) is 3.03. The van der Waals surface area contributed by atoms with Gasteiger partial charge in [-0.25, -0.2) is 4.79 Å². The molecule has 0 N–H and O–H groups in total. The molecule has 1 heterocycles. The molecule has 0 unspecified atom stereocenters. The molecular formula is C25H19ClO4. The Morgan fingerprint density at radius 1 is 1.00 bits per heavy atom. The van der Waals surface area contributed by atoms with Gasteiger partial charge in [-0.15, -0.1) is 0 Å². The van der Waals surface area contributed by atoms with Crippen LogP contribution in [0, 0.1) is 0 Å². The zero-order valence-electron chi connectivity index (χ0n) is 16.5. The first-order chi connectivity index (χ1) is 14.4. The number of carbonyl (C=O) groups excluding carboxylic acids is 2. The maximum atomic E-state index is 12.6. The predicted molar refractivity (Wildman–Crippen MR) is 116 cm³/mol. The van der Waals surface area contributed by atoms with Gasteiger partial charge in [-0.05, 0) is 59.5 Å². The zero-order chi connectivity index (χ0) is 21.3. The maximum absolute atomic E-state index is 12.6. The van der Waals surface area contributed by atoms with E-state index in [2.05, 4.69) is 13.8 Å². The molecule has 0 amide bonds. The fourth-order valence-electron chi connectivity index (χ4n) is 3.11. The maximum Gasteiger partial charge on any atom is 0.343 e. The summed E-state index contributed by atoms with van der Waals surface area (Å²) in [5.74, 6) is 0.624. The minimum atomic E-state index is -0.517. The van der Waals surface area contributed by atoms with Crippen LogP contribution in [0.25, 0.3) is 6.08 Å². The lowest BCUT2D eigenvalue weighted by Gasteiger charge is -2.06. The molecule has 0 aromatic heterocycles. The highest BCUT2D eigenvalue weighted by Crippen LogP contribution is 2.35. The van der Waals surface area contributed by atoms with Crippen molar-refractivity contribution in [2.75, 3.05) is 0 Å². The molecule has 1 aliphatic heterocycles. The van der Waals surface area contributed by atoms with Gasteiger partial charge >= 0.3 is 5.97 Å². The van der Waals surface area contributed by atoms with Gasteiger partial charge in [-0.1, -0.05) is 49.7 Å². The third kappa shape index (κ3) is 4.14. The van der Waals surface area contributed by atoms with E-state index in [0.29, 0.717) is 33.6 Å². The Labute approximate surface area is 179 Å². The van der Waals surface area contributed by atoms with Crippen LogP contribution < -0.4 is 9.47 Å². The van der Waals surface area contributed by atoms with E-state index in [1.165, 1.54) is 5.56 Å². The number of rotatable bonds is 4. The summed E-state index contributed by atoms with van der Waals surface area (Å²) in [6, 6.07) is 19.1. The van der Waals surface area contributed by atoms with Crippen molar-refractivity contribution in [3.8, 4) is 11.5 Å². The van der Waals surface area contributed by atoms with Crippen LogP contribution in [0.3, 0.4) is 0 Å². The molecule has 0 atom stereocenters. The number of ether oxygens (including phenoxy) is 2. The molecular weight excluding hydrogens is 400 g/mol. The number of Topliss-reactive ketones (excluding diaryl/α,β-unsaturated/α-hetero) is 1. The van der Waals surface area contributed by atoms with Crippen LogP contribution in [0.5, 0.6) is 11.5 Å².